The number of hydrogen-bond donors (Lipinski definition) is 0. The van der Waals surface area contributed by atoms with Gasteiger partial charge in [-0.25, -0.2) is 15.0 Å². The first-order valence-electron chi connectivity index (χ1n) is 16.6. The fourth-order valence-corrected chi connectivity index (χ4v) is 8.04. The van der Waals surface area contributed by atoms with Crippen LogP contribution in [-0.4, -0.2) is 15.0 Å². The zero-order valence-corrected chi connectivity index (χ0v) is 27.6. The van der Waals surface area contributed by atoms with Gasteiger partial charge in [-0.3, -0.25) is 0 Å². The molecule has 0 spiro atoms. The largest absolute Gasteiger partial charge is 0.455 e. The van der Waals surface area contributed by atoms with Crippen LogP contribution in [0.5, 0.6) is 0 Å². The van der Waals surface area contributed by atoms with Gasteiger partial charge in [0.15, 0.2) is 17.5 Å². The van der Waals surface area contributed by atoms with Crippen molar-refractivity contribution >= 4 is 53.4 Å². The maximum Gasteiger partial charge on any atom is 0.164 e. The molecule has 3 aromatic heterocycles. The number of nitrogens with zero attached hydrogens (tertiary/aromatic N) is 3. The highest BCUT2D eigenvalue weighted by Gasteiger charge is 2.18. The molecule has 0 atom stereocenters. The third-order valence-corrected chi connectivity index (χ3v) is 10.5. The van der Waals surface area contributed by atoms with Crippen LogP contribution >= 0.6 is 11.3 Å². The summed E-state index contributed by atoms with van der Waals surface area (Å²) >= 11 is 1.84. The molecule has 10 rings (SSSR count). The lowest BCUT2D eigenvalue weighted by atomic mass is 9.93. The number of thiophene rings is 1. The summed E-state index contributed by atoms with van der Waals surface area (Å²) in [7, 11) is 0. The van der Waals surface area contributed by atoms with Crippen molar-refractivity contribution in [2.24, 2.45) is 0 Å². The second kappa shape index (κ2) is 11.6. The lowest BCUT2D eigenvalue weighted by Crippen LogP contribution is -2.00. The summed E-state index contributed by atoms with van der Waals surface area (Å²) in [4.78, 5) is 14.7. The SMILES string of the molecule is c1ccc(-c2nc(-c3ccccc3)nc(-c3ccc4c(c3)oc3c(-c5ccccc5-c5ccc6sc7ccccc7c6c5)cccc34)n2)cc1. The van der Waals surface area contributed by atoms with Crippen molar-refractivity contribution in [1.29, 1.82) is 0 Å². The van der Waals surface area contributed by atoms with Crippen molar-refractivity contribution in [3.63, 3.8) is 0 Å². The number of furan rings is 1. The normalized spacial score (nSPS) is 11.6. The van der Waals surface area contributed by atoms with Gasteiger partial charge in [-0.1, -0.05) is 133 Å². The Morgan fingerprint density at radius 3 is 1.70 bits per heavy atom. The highest BCUT2D eigenvalue weighted by Crippen LogP contribution is 2.42. The highest BCUT2D eigenvalue weighted by molar-refractivity contribution is 7.25. The molecular formula is C45H27N3OS. The number of benzene rings is 7. The predicted octanol–water partition coefficient (Wildman–Crippen LogP) is 12.5. The van der Waals surface area contributed by atoms with Crippen LogP contribution < -0.4 is 0 Å². The van der Waals surface area contributed by atoms with Gasteiger partial charge in [0, 0.05) is 53.2 Å². The van der Waals surface area contributed by atoms with Crippen molar-refractivity contribution in [2.45, 2.75) is 0 Å². The number of rotatable bonds is 5. The van der Waals surface area contributed by atoms with Crippen LogP contribution in [0, 0.1) is 0 Å². The Kier molecular flexibility index (Phi) is 6.64. The zero-order valence-electron chi connectivity index (χ0n) is 26.7. The molecule has 234 valence electrons. The monoisotopic (exact) mass is 657 g/mol. The van der Waals surface area contributed by atoms with Crippen molar-refractivity contribution in [2.75, 3.05) is 0 Å². The van der Waals surface area contributed by atoms with Gasteiger partial charge in [-0.15, -0.1) is 11.3 Å². The Balaban J connectivity index is 1.11. The van der Waals surface area contributed by atoms with Crippen molar-refractivity contribution in [3.05, 3.63) is 164 Å². The van der Waals surface area contributed by atoms with E-state index in [2.05, 4.69) is 103 Å². The Labute approximate surface area is 292 Å². The average molecular weight is 658 g/mol. The second-order valence-corrected chi connectivity index (χ2v) is 13.5. The minimum atomic E-state index is 0.599. The van der Waals surface area contributed by atoms with E-state index in [4.69, 9.17) is 19.4 Å². The molecule has 0 radical (unpaired) electrons. The topological polar surface area (TPSA) is 51.8 Å². The summed E-state index contributed by atoms with van der Waals surface area (Å²) in [5.41, 5.74) is 8.94. The standard InChI is InChI=1S/C45H27N3OS/c1-3-12-28(13-4-1)43-46-44(29-14-5-2-6-15-29)48-45(47-43)31-22-24-34-37-20-11-19-36(42(37)49-39(34)27-31)33-17-8-7-16-32(33)30-23-25-41-38(26-30)35-18-9-10-21-40(35)50-41/h1-27H. The first-order valence-corrected chi connectivity index (χ1v) is 17.4. The number of para-hydroxylation sites is 1. The second-order valence-electron chi connectivity index (χ2n) is 12.4. The van der Waals surface area contributed by atoms with Crippen LogP contribution in [0.1, 0.15) is 0 Å². The smallest absolute Gasteiger partial charge is 0.164 e. The molecule has 0 N–H and O–H groups in total. The van der Waals surface area contributed by atoms with E-state index in [9.17, 15) is 0 Å². The zero-order chi connectivity index (χ0) is 33.0. The van der Waals surface area contributed by atoms with Gasteiger partial charge in [-0.2, -0.15) is 0 Å². The van der Waals surface area contributed by atoms with Gasteiger partial charge in [0.25, 0.3) is 0 Å². The van der Waals surface area contributed by atoms with Crippen LogP contribution in [-0.2, 0) is 0 Å². The van der Waals surface area contributed by atoms with E-state index in [1.165, 1.54) is 31.3 Å². The third kappa shape index (κ3) is 4.79. The molecule has 0 aliphatic heterocycles. The maximum atomic E-state index is 6.77. The molecule has 0 saturated carbocycles. The maximum absolute atomic E-state index is 6.77. The van der Waals surface area contributed by atoms with Gasteiger partial charge < -0.3 is 4.42 Å². The quantitative estimate of drug-likeness (QED) is 0.185. The molecule has 0 fully saturated rings. The minimum Gasteiger partial charge on any atom is -0.455 e. The van der Waals surface area contributed by atoms with Crippen LogP contribution in [0.15, 0.2) is 168 Å². The van der Waals surface area contributed by atoms with E-state index in [1.807, 2.05) is 72.0 Å². The van der Waals surface area contributed by atoms with Crippen LogP contribution in [0.3, 0.4) is 0 Å². The summed E-state index contributed by atoms with van der Waals surface area (Å²) in [5.74, 6) is 1.86. The molecule has 0 saturated heterocycles. The molecule has 0 aliphatic carbocycles. The Bertz CT molecular complexity index is 2820. The van der Waals surface area contributed by atoms with Crippen molar-refractivity contribution in [3.8, 4) is 56.4 Å². The first-order chi connectivity index (χ1) is 24.8. The first kappa shape index (κ1) is 28.6. The summed E-state index contributed by atoms with van der Waals surface area (Å²) in [6, 6.07) is 56.9. The lowest BCUT2D eigenvalue weighted by Gasteiger charge is -2.11. The lowest BCUT2D eigenvalue weighted by molar-refractivity contribution is 0.670. The van der Waals surface area contributed by atoms with Gasteiger partial charge in [0.1, 0.15) is 11.2 Å². The molecule has 0 bridgehead atoms. The molecule has 5 heteroatoms. The molecule has 50 heavy (non-hydrogen) atoms. The molecule has 7 aromatic carbocycles. The molecule has 4 nitrogen and oxygen atoms in total. The van der Waals surface area contributed by atoms with E-state index < -0.39 is 0 Å². The van der Waals surface area contributed by atoms with E-state index in [0.717, 1.165) is 49.8 Å². The fourth-order valence-electron chi connectivity index (χ4n) is 6.95. The van der Waals surface area contributed by atoms with Gasteiger partial charge in [-0.05, 0) is 47.0 Å². The van der Waals surface area contributed by atoms with E-state index in [1.54, 1.807) is 0 Å². The third-order valence-electron chi connectivity index (χ3n) is 9.36. The Hall–Kier alpha value is -6.43. The van der Waals surface area contributed by atoms with Gasteiger partial charge in [0.05, 0.1) is 0 Å². The van der Waals surface area contributed by atoms with Crippen molar-refractivity contribution in [1.82, 2.24) is 15.0 Å². The summed E-state index contributed by atoms with van der Waals surface area (Å²) < 4.78 is 9.37. The minimum absolute atomic E-state index is 0.599. The van der Waals surface area contributed by atoms with Gasteiger partial charge in [0.2, 0.25) is 0 Å². The predicted molar refractivity (Wildman–Crippen MR) is 207 cm³/mol. The fraction of sp³-hybridized carbons (Fsp3) is 0. The average Bonchev–Trinajstić information content (AvgIpc) is 3.76. The molecule has 0 unspecified atom stereocenters. The molecular weight excluding hydrogens is 631 g/mol. The van der Waals surface area contributed by atoms with E-state index in [0.29, 0.717) is 17.5 Å². The van der Waals surface area contributed by atoms with Crippen LogP contribution in [0.2, 0.25) is 0 Å². The number of hydrogen-bond acceptors (Lipinski definition) is 5. The summed E-state index contributed by atoms with van der Waals surface area (Å²) in [6.45, 7) is 0. The van der Waals surface area contributed by atoms with Crippen LogP contribution in [0.4, 0.5) is 0 Å². The molecule has 10 aromatic rings. The van der Waals surface area contributed by atoms with Crippen molar-refractivity contribution < 1.29 is 4.42 Å². The molecule has 0 aliphatic rings. The molecule has 3 heterocycles. The Morgan fingerprint density at radius 2 is 0.940 bits per heavy atom. The number of aromatic nitrogens is 3. The van der Waals surface area contributed by atoms with E-state index >= 15 is 0 Å². The number of fused-ring (bicyclic) bond motifs is 6. The highest BCUT2D eigenvalue weighted by atomic mass is 32.1. The van der Waals surface area contributed by atoms with Crippen LogP contribution in [0.25, 0.3) is 98.5 Å². The Morgan fingerprint density at radius 1 is 0.360 bits per heavy atom. The van der Waals surface area contributed by atoms with Gasteiger partial charge >= 0.3 is 0 Å². The van der Waals surface area contributed by atoms with E-state index in [-0.39, 0.29) is 0 Å². The summed E-state index contributed by atoms with van der Waals surface area (Å²) in [5, 5.41) is 4.71. The molecule has 0 amide bonds. The summed E-state index contributed by atoms with van der Waals surface area (Å²) in [6.07, 6.45) is 0.